The van der Waals surface area contributed by atoms with Crippen LogP contribution < -0.4 is 16.0 Å². The van der Waals surface area contributed by atoms with E-state index in [2.05, 4.69) is 5.32 Å². The van der Waals surface area contributed by atoms with E-state index in [1.165, 1.54) is 0 Å². The third-order valence-corrected chi connectivity index (χ3v) is 4.30. The second-order valence-electron chi connectivity index (χ2n) is 6.01. The lowest BCUT2D eigenvalue weighted by atomic mass is 10.1. The average Bonchev–Trinajstić information content (AvgIpc) is 3.00. The lowest BCUT2D eigenvalue weighted by molar-refractivity contribution is -0.116. The Hall–Kier alpha value is -2.53. The summed E-state index contributed by atoms with van der Waals surface area (Å²) in [5, 5.41) is 2.94. The molecule has 3 N–H and O–H groups in total. The summed E-state index contributed by atoms with van der Waals surface area (Å²) in [6, 6.07) is 13.2. The molecule has 1 aliphatic rings. The van der Waals surface area contributed by atoms with Gasteiger partial charge in [-0.3, -0.25) is 9.59 Å². The van der Waals surface area contributed by atoms with Gasteiger partial charge in [0.05, 0.1) is 0 Å². The number of fused-ring (bicyclic) bond motifs is 1. The topological polar surface area (TPSA) is 75.4 Å². The van der Waals surface area contributed by atoms with Crippen molar-refractivity contribution in [1.29, 1.82) is 0 Å². The molecule has 0 atom stereocenters. The number of anilines is 2. The molecule has 0 unspecified atom stereocenters. The Morgan fingerprint density at radius 1 is 1.16 bits per heavy atom. The largest absolute Gasteiger partial charge is 0.399 e. The van der Waals surface area contributed by atoms with E-state index in [1.807, 2.05) is 36.4 Å². The van der Waals surface area contributed by atoms with E-state index in [0.29, 0.717) is 18.7 Å². The van der Waals surface area contributed by atoms with Gasteiger partial charge in [0, 0.05) is 37.0 Å². The number of nitrogens with one attached hydrogen (secondary N) is 1. The molecule has 0 aliphatic carbocycles. The Labute approximate surface area is 153 Å². The number of benzene rings is 2. The van der Waals surface area contributed by atoms with Crippen molar-refractivity contribution in [2.45, 2.75) is 19.8 Å². The Morgan fingerprint density at radius 2 is 1.88 bits per heavy atom. The summed E-state index contributed by atoms with van der Waals surface area (Å²) < 4.78 is 0. The fraction of sp³-hybridized carbons (Fsp3) is 0.263. The maximum absolute atomic E-state index is 12.3. The fourth-order valence-electron chi connectivity index (χ4n) is 2.98. The highest BCUT2D eigenvalue weighted by Crippen LogP contribution is 2.28. The number of amides is 2. The summed E-state index contributed by atoms with van der Waals surface area (Å²) >= 11 is 0. The molecular formula is C19H22ClN3O2. The van der Waals surface area contributed by atoms with Crippen LogP contribution in [0.5, 0.6) is 0 Å². The summed E-state index contributed by atoms with van der Waals surface area (Å²) in [5.74, 6) is -0.0519. The molecule has 0 bridgehead atoms. The van der Waals surface area contributed by atoms with Crippen molar-refractivity contribution >= 4 is 35.6 Å². The van der Waals surface area contributed by atoms with Crippen LogP contribution in [0.15, 0.2) is 42.5 Å². The highest BCUT2D eigenvalue weighted by molar-refractivity contribution is 5.97. The van der Waals surface area contributed by atoms with Crippen LogP contribution in [-0.2, 0) is 17.6 Å². The molecule has 1 aliphatic heterocycles. The van der Waals surface area contributed by atoms with Gasteiger partial charge in [-0.15, -0.1) is 12.4 Å². The van der Waals surface area contributed by atoms with Crippen LogP contribution in [-0.4, -0.2) is 24.9 Å². The SMILES string of the molecule is CC(=O)N1CCc2cc(C(=O)NCCc3ccc(N)cc3)ccc21.Cl. The van der Waals surface area contributed by atoms with E-state index in [1.54, 1.807) is 17.9 Å². The van der Waals surface area contributed by atoms with Gasteiger partial charge in [0.1, 0.15) is 0 Å². The van der Waals surface area contributed by atoms with Crippen molar-refractivity contribution in [1.82, 2.24) is 5.32 Å². The molecule has 1 heterocycles. The van der Waals surface area contributed by atoms with E-state index in [0.717, 1.165) is 35.3 Å². The third kappa shape index (κ3) is 4.31. The number of hydrogen-bond donors (Lipinski definition) is 2. The number of carbonyl (C=O) groups excluding carboxylic acids is 2. The lowest BCUT2D eigenvalue weighted by Crippen LogP contribution is -2.26. The van der Waals surface area contributed by atoms with Crippen LogP contribution in [0.1, 0.15) is 28.4 Å². The molecule has 6 heteroatoms. The van der Waals surface area contributed by atoms with Crippen LogP contribution in [0.4, 0.5) is 11.4 Å². The number of rotatable bonds is 4. The summed E-state index contributed by atoms with van der Waals surface area (Å²) in [6.45, 7) is 2.82. The summed E-state index contributed by atoms with van der Waals surface area (Å²) in [7, 11) is 0. The van der Waals surface area contributed by atoms with Gasteiger partial charge in [0.25, 0.3) is 5.91 Å². The zero-order valence-electron chi connectivity index (χ0n) is 14.1. The van der Waals surface area contributed by atoms with Gasteiger partial charge in [-0.2, -0.15) is 0 Å². The highest BCUT2D eigenvalue weighted by Gasteiger charge is 2.22. The highest BCUT2D eigenvalue weighted by atomic mass is 35.5. The molecule has 2 aromatic rings. The first kappa shape index (κ1) is 18.8. The summed E-state index contributed by atoms with van der Waals surface area (Å²) in [4.78, 5) is 25.6. The standard InChI is InChI=1S/C19H21N3O2.ClH/c1-13(23)22-11-9-15-12-16(4-7-18(15)22)19(24)21-10-8-14-2-5-17(20)6-3-14;/h2-7,12H,8-11,20H2,1H3,(H,21,24);1H. The van der Waals surface area contributed by atoms with Crippen molar-refractivity contribution in [3.05, 3.63) is 59.2 Å². The molecular weight excluding hydrogens is 338 g/mol. The first-order valence-electron chi connectivity index (χ1n) is 8.08. The molecule has 0 fully saturated rings. The minimum atomic E-state index is -0.0884. The molecule has 0 saturated carbocycles. The Kier molecular flexibility index (Phi) is 6.04. The van der Waals surface area contributed by atoms with Crippen LogP contribution in [0.2, 0.25) is 0 Å². The van der Waals surface area contributed by atoms with Crippen molar-refractivity contribution in [2.24, 2.45) is 0 Å². The minimum absolute atomic E-state index is 0. The van der Waals surface area contributed by atoms with Crippen LogP contribution in [0.3, 0.4) is 0 Å². The van der Waals surface area contributed by atoms with Crippen LogP contribution in [0.25, 0.3) is 0 Å². The number of hydrogen-bond acceptors (Lipinski definition) is 3. The maximum Gasteiger partial charge on any atom is 0.251 e. The van der Waals surface area contributed by atoms with Gasteiger partial charge < -0.3 is 16.0 Å². The molecule has 0 spiro atoms. The maximum atomic E-state index is 12.3. The Bertz CT molecular complexity index is 775. The molecule has 0 aromatic heterocycles. The smallest absolute Gasteiger partial charge is 0.251 e. The number of halogens is 1. The molecule has 5 nitrogen and oxygen atoms in total. The van der Waals surface area contributed by atoms with Crippen LogP contribution >= 0.6 is 12.4 Å². The molecule has 132 valence electrons. The first-order valence-corrected chi connectivity index (χ1v) is 8.08. The van der Waals surface area contributed by atoms with E-state index in [-0.39, 0.29) is 24.2 Å². The van der Waals surface area contributed by atoms with Crippen LogP contribution in [0, 0.1) is 0 Å². The number of nitrogens with zero attached hydrogens (tertiary/aromatic N) is 1. The van der Waals surface area contributed by atoms with Crippen molar-refractivity contribution < 1.29 is 9.59 Å². The normalized spacial score (nSPS) is 12.3. The zero-order chi connectivity index (χ0) is 17.1. The number of carbonyl (C=O) groups is 2. The predicted molar refractivity (Wildman–Crippen MR) is 102 cm³/mol. The quantitative estimate of drug-likeness (QED) is 0.824. The zero-order valence-corrected chi connectivity index (χ0v) is 14.9. The van der Waals surface area contributed by atoms with Gasteiger partial charge >= 0.3 is 0 Å². The van der Waals surface area contributed by atoms with Crippen molar-refractivity contribution in [3.8, 4) is 0 Å². The van der Waals surface area contributed by atoms with E-state index in [4.69, 9.17) is 5.73 Å². The monoisotopic (exact) mass is 359 g/mol. The lowest BCUT2D eigenvalue weighted by Gasteiger charge is -2.14. The minimum Gasteiger partial charge on any atom is -0.399 e. The molecule has 25 heavy (non-hydrogen) atoms. The fourth-order valence-corrected chi connectivity index (χ4v) is 2.98. The molecule has 2 amide bonds. The second kappa shape index (κ2) is 8.03. The first-order chi connectivity index (χ1) is 11.5. The van der Waals surface area contributed by atoms with Gasteiger partial charge in [-0.1, -0.05) is 12.1 Å². The summed E-state index contributed by atoms with van der Waals surface area (Å²) in [6.07, 6.45) is 1.55. The van der Waals surface area contributed by atoms with E-state index >= 15 is 0 Å². The molecule has 0 radical (unpaired) electrons. The average molecular weight is 360 g/mol. The summed E-state index contributed by atoms with van der Waals surface area (Å²) in [5.41, 5.74) is 10.1. The van der Waals surface area contributed by atoms with Gasteiger partial charge in [0.15, 0.2) is 0 Å². The number of nitrogen functional groups attached to an aromatic ring is 1. The van der Waals surface area contributed by atoms with Gasteiger partial charge in [0.2, 0.25) is 5.91 Å². The van der Waals surface area contributed by atoms with Gasteiger partial charge in [-0.25, -0.2) is 0 Å². The Morgan fingerprint density at radius 3 is 2.56 bits per heavy atom. The predicted octanol–water partition coefficient (Wildman–Crippen LogP) is 2.57. The third-order valence-electron chi connectivity index (χ3n) is 4.30. The molecule has 2 aromatic carbocycles. The van der Waals surface area contributed by atoms with E-state index < -0.39 is 0 Å². The Balaban J connectivity index is 0.00000225. The van der Waals surface area contributed by atoms with Crippen molar-refractivity contribution in [3.63, 3.8) is 0 Å². The molecule has 3 rings (SSSR count). The van der Waals surface area contributed by atoms with E-state index in [9.17, 15) is 9.59 Å². The van der Waals surface area contributed by atoms with Gasteiger partial charge in [-0.05, 0) is 54.3 Å². The second-order valence-corrected chi connectivity index (χ2v) is 6.01. The molecule has 0 saturated heterocycles. The number of nitrogens with two attached hydrogens (primary N) is 1. The van der Waals surface area contributed by atoms with Crippen molar-refractivity contribution in [2.75, 3.05) is 23.7 Å².